The zero-order valence-electron chi connectivity index (χ0n) is 14.7. The molecule has 27 heavy (non-hydrogen) atoms. The molecule has 3 aromatic carbocycles. The molecule has 1 atom stereocenters. The molecule has 0 bridgehead atoms. The number of rotatable bonds is 3. The van der Waals surface area contributed by atoms with Crippen molar-refractivity contribution in [1.29, 1.82) is 5.26 Å². The molecule has 1 heterocycles. The van der Waals surface area contributed by atoms with Crippen LogP contribution in [0.2, 0.25) is 0 Å². The molecule has 0 radical (unpaired) electrons. The zero-order chi connectivity index (χ0) is 19.0. The van der Waals surface area contributed by atoms with Gasteiger partial charge in [0.1, 0.15) is 18.2 Å². The average Bonchev–Trinajstić information content (AvgIpc) is 3.11. The van der Waals surface area contributed by atoms with E-state index in [1.54, 1.807) is 18.5 Å². The van der Waals surface area contributed by atoms with Crippen molar-refractivity contribution in [2.45, 2.75) is 13.0 Å². The molecule has 0 amide bonds. The third-order valence-corrected chi connectivity index (χ3v) is 4.66. The molecule has 132 valence electrons. The van der Waals surface area contributed by atoms with Crippen LogP contribution in [0.1, 0.15) is 24.1 Å². The first-order valence-electron chi connectivity index (χ1n) is 8.60. The lowest BCUT2D eigenvalue weighted by atomic mass is 9.99. The lowest BCUT2D eigenvalue weighted by Gasteiger charge is -2.10. The molecular formula is C22H17FN4. The second kappa shape index (κ2) is 6.67. The minimum Gasteiger partial charge on any atom is -0.324 e. The van der Waals surface area contributed by atoms with Crippen LogP contribution in [0.3, 0.4) is 0 Å². The summed E-state index contributed by atoms with van der Waals surface area (Å²) in [6.45, 7) is 1.94. The predicted molar refractivity (Wildman–Crippen MR) is 104 cm³/mol. The summed E-state index contributed by atoms with van der Waals surface area (Å²) in [5, 5.41) is 9.31. The summed E-state index contributed by atoms with van der Waals surface area (Å²) in [7, 11) is 0. The van der Waals surface area contributed by atoms with Crippen LogP contribution in [-0.4, -0.2) is 9.55 Å². The number of benzene rings is 3. The summed E-state index contributed by atoms with van der Waals surface area (Å²) in [6, 6.07) is 20.2. The first kappa shape index (κ1) is 17.0. The Morgan fingerprint density at radius 2 is 1.93 bits per heavy atom. The number of halogens is 1. The Labute approximate surface area is 156 Å². The number of imidazole rings is 1. The van der Waals surface area contributed by atoms with Crippen LogP contribution in [0.15, 0.2) is 67.0 Å². The highest BCUT2D eigenvalue weighted by atomic mass is 19.1. The van der Waals surface area contributed by atoms with Crippen LogP contribution >= 0.6 is 0 Å². The number of nitrogens with two attached hydrogens (primary N) is 1. The van der Waals surface area contributed by atoms with Crippen molar-refractivity contribution in [3.8, 4) is 22.9 Å². The SMILES string of the molecule is C[C@@H](N)c1ccc2c(c1)ncn2-c1cccc(-c2cccc(F)c2C#N)c1. The minimum atomic E-state index is -0.517. The maximum atomic E-state index is 14.0. The summed E-state index contributed by atoms with van der Waals surface area (Å²) >= 11 is 0. The molecule has 0 aliphatic carbocycles. The molecule has 4 aromatic rings. The van der Waals surface area contributed by atoms with Gasteiger partial charge < -0.3 is 5.73 Å². The lowest BCUT2D eigenvalue weighted by Crippen LogP contribution is -2.04. The van der Waals surface area contributed by atoms with E-state index in [1.165, 1.54) is 6.07 Å². The lowest BCUT2D eigenvalue weighted by molar-refractivity contribution is 0.624. The average molecular weight is 356 g/mol. The summed E-state index contributed by atoms with van der Waals surface area (Å²) < 4.78 is 15.9. The largest absolute Gasteiger partial charge is 0.324 e. The van der Waals surface area contributed by atoms with Crippen molar-refractivity contribution < 1.29 is 4.39 Å². The van der Waals surface area contributed by atoms with Gasteiger partial charge in [-0.15, -0.1) is 0 Å². The fourth-order valence-electron chi connectivity index (χ4n) is 3.22. The normalized spacial score (nSPS) is 12.1. The minimum absolute atomic E-state index is 0.0479. The highest BCUT2D eigenvalue weighted by molar-refractivity contribution is 5.79. The fourth-order valence-corrected chi connectivity index (χ4v) is 3.22. The van der Waals surface area contributed by atoms with Crippen molar-refractivity contribution in [2.24, 2.45) is 5.73 Å². The maximum Gasteiger partial charge on any atom is 0.141 e. The Morgan fingerprint density at radius 1 is 1.11 bits per heavy atom. The molecule has 4 rings (SSSR count). The van der Waals surface area contributed by atoms with Gasteiger partial charge in [0.05, 0.1) is 16.6 Å². The second-order valence-electron chi connectivity index (χ2n) is 6.48. The zero-order valence-corrected chi connectivity index (χ0v) is 14.7. The van der Waals surface area contributed by atoms with Gasteiger partial charge in [0.15, 0.2) is 0 Å². The molecule has 0 aliphatic rings. The summed E-state index contributed by atoms with van der Waals surface area (Å²) in [5.74, 6) is -0.517. The third-order valence-electron chi connectivity index (χ3n) is 4.66. The van der Waals surface area contributed by atoms with Gasteiger partial charge in [-0.3, -0.25) is 4.57 Å². The molecule has 0 fully saturated rings. The van der Waals surface area contributed by atoms with Gasteiger partial charge in [0, 0.05) is 17.3 Å². The van der Waals surface area contributed by atoms with E-state index >= 15 is 0 Å². The molecule has 1 aromatic heterocycles. The van der Waals surface area contributed by atoms with Crippen molar-refractivity contribution in [3.05, 3.63) is 83.9 Å². The summed E-state index contributed by atoms with van der Waals surface area (Å²) in [5.41, 5.74) is 11.1. The van der Waals surface area contributed by atoms with Crippen LogP contribution in [-0.2, 0) is 0 Å². The van der Waals surface area contributed by atoms with Gasteiger partial charge in [-0.05, 0) is 48.4 Å². The molecule has 0 saturated carbocycles. The smallest absolute Gasteiger partial charge is 0.141 e. The van der Waals surface area contributed by atoms with E-state index in [2.05, 4.69) is 4.98 Å². The number of aromatic nitrogens is 2. The van der Waals surface area contributed by atoms with Crippen molar-refractivity contribution >= 4 is 11.0 Å². The van der Waals surface area contributed by atoms with E-state index in [0.29, 0.717) is 5.56 Å². The highest BCUT2D eigenvalue weighted by Crippen LogP contribution is 2.28. The standard InChI is InChI=1S/C22H17FN4/c1-14(25)15-8-9-22-21(11-15)26-13-27(22)17-5-2-4-16(10-17)18-6-3-7-20(23)19(18)12-24/h2-11,13-14H,25H2,1H3/t14-/m1/s1. The molecule has 0 saturated heterocycles. The van der Waals surface area contributed by atoms with Crippen molar-refractivity contribution in [3.63, 3.8) is 0 Å². The molecule has 0 unspecified atom stereocenters. The Morgan fingerprint density at radius 3 is 2.70 bits per heavy atom. The Kier molecular flexibility index (Phi) is 4.19. The Bertz CT molecular complexity index is 1180. The monoisotopic (exact) mass is 356 g/mol. The van der Waals surface area contributed by atoms with E-state index in [0.717, 1.165) is 27.8 Å². The van der Waals surface area contributed by atoms with Gasteiger partial charge in [-0.2, -0.15) is 5.26 Å². The van der Waals surface area contributed by atoms with Crippen LogP contribution < -0.4 is 5.73 Å². The Balaban J connectivity index is 1.84. The Hall–Kier alpha value is -3.49. The molecular weight excluding hydrogens is 339 g/mol. The van der Waals surface area contributed by atoms with Crippen molar-refractivity contribution in [1.82, 2.24) is 9.55 Å². The predicted octanol–water partition coefficient (Wildman–Crippen LogP) is 4.72. The number of fused-ring (bicyclic) bond motifs is 1. The molecule has 0 spiro atoms. The van der Waals surface area contributed by atoms with Gasteiger partial charge in [-0.25, -0.2) is 9.37 Å². The highest BCUT2D eigenvalue weighted by Gasteiger charge is 2.12. The number of nitrogens with zero attached hydrogens (tertiary/aromatic N) is 3. The van der Waals surface area contributed by atoms with Crippen LogP contribution in [0.4, 0.5) is 4.39 Å². The second-order valence-corrected chi connectivity index (χ2v) is 6.48. The van der Waals surface area contributed by atoms with E-state index < -0.39 is 5.82 Å². The van der Waals surface area contributed by atoms with Gasteiger partial charge in [0.25, 0.3) is 0 Å². The van der Waals surface area contributed by atoms with Gasteiger partial charge >= 0.3 is 0 Å². The quantitative estimate of drug-likeness (QED) is 0.577. The number of hydrogen-bond donors (Lipinski definition) is 1. The number of nitriles is 1. The van der Waals surface area contributed by atoms with E-state index in [1.807, 2.05) is 60.0 Å². The maximum absolute atomic E-state index is 14.0. The molecule has 4 nitrogen and oxygen atoms in total. The van der Waals surface area contributed by atoms with Crippen molar-refractivity contribution in [2.75, 3.05) is 0 Å². The van der Waals surface area contributed by atoms with Gasteiger partial charge in [0.2, 0.25) is 0 Å². The van der Waals surface area contributed by atoms with Gasteiger partial charge in [-0.1, -0.05) is 30.3 Å². The number of hydrogen-bond acceptors (Lipinski definition) is 3. The first-order valence-corrected chi connectivity index (χ1v) is 8.60. The first-order chi connectivity index (χ1) is 13.1. The van der Waals surface area contributed by atoms with E-state index in [9.17, 15) is 9.65 Å². The third kappa shape index (κ3) is 2.97. The van der Waals surface area contributed by atoms with E-state index in [-0.39, 0.29) is 11.6 Å². The topological polar surface area (TPSA) is 67.6 Å². The molecule has 0 aliphatic heterocycles. The van der Waals surface area contributed by atoms with Crippen LogP contribution in [0.5, 0.6) is 0 Å². The summed E-state index contributed by atoms with van der Waals surface area (Å²) in [4.78, 5) is 4.48. The van der Waals surface area contributed by atoms with Crippen LogP contribution in [0, 0.1) is 17.1 Å². The molecule has 2 N–H and O–H groups in total. The summed E-state index contributed by atoms with van der Waals surface area (Å²) in [6.07, 6.45) is 1.76. The molecule has 5 heteroatoms. The fraction of sp³-hybridized carbons (Fsp3) is 0.0909. The van der Waals surface area contributed by atoms with Crippen LogP contribution in [0.25, 0.3) is 27.8 Å². The van der Waals surface area contributed by atoms with E-state index in [4.69, 9.17) is 5.73 Å².